The first-order valence-electron chi connectivity index (χ1n) is 9.26. The normalized spacial score (nSPS) is 18.9. The fraction of sp³-hybridized carbons (Fsp3) is 0.350. The Morgan fingerprint density at radius 2 is 2.00 bits per heavy atom. The van der Waals surface area contributed by atoms with Gasteiger partial charge in [0.15, 0.2) is 0 Å². The number of hydrogen-bond acceptors (Lipinski definition) is 4. The van der Waals surface area contributed by atoms with Crippen molar-refractivity contribution in [2.75, 3.05) is 24.0 Å². The predicted molar refractivity (Wildman–Crippen MR) is 110 cm³/mol. The average molecular weight is 465 g/mol. The number of carbonyl (C=O) groups is 1. The van der Waals surface area contributed by atoms with E-state index in [0.717, 1.165) is 29.5 Å². The van der Waals surface area contributed by atoms with Crippen LogP contribution in [0.25, 0.3) is 0 Å². The van der Waals surface area contributed by atoms with Gasteiger partial charge in [0.1, 0.15) is 0 Å². The summed E-state index contributed by atoms with van der Waals surface area (Å²) >= 11 is 3.32. The summed E-state index contributed by atoms with van der Waals surface area (Å²) < 4.78 is 33.8. The van der Waals surface area contributed by atoms with Crippen molar-refractivity contribution in [3.63, 3.8) is 0 Å². The molecule has 0 spiro atoms. The number of ether oxygens (including phenoxy) is 1. The van der Waals surface area contributed by atoms with Gasteiger partial charge in [0.25, 0.3) is 15.9 Å². The number of benzene rings is 2. The monoisotopic (exact) mass is 464 g/mol. The molecule has 8 heteroatoms. The van der Waals surface area contributed by atoms with Crippen molar-refractivity contribution in [1.29, 1.82) is 0 Å². The van der Waals surface area contributed by atoms with Crippen molar-refractivity contribution in [3.8, 4) is 0 Å². The maximum atomic E-state index is 13.0. The van der Waals surface area contributed by atoms with E-state index in [2.05, 4.69) is 21.2 Å². The third-order valence-electron chi connectivity index (χ3n) is 5.11. The van der Waals surface area contributed by atoms with E-state index in [1.165, 1.54) is 4.31 Å². The van der Waals surface area contributed by atoms with Crippen molar-refractivity contribution in [3.05, 3.63) is 58.1 Å². The first-order valence-corrected chi connectivity index (χ1v) is 11.5. The molecule has 2 aliphatic heterocycles. The van der Waals surface area contributed by atoms with Gasteiger partial charge in [-0.05, 0) is 67.3 Å². The lowest BCUT2D eigenvalue weighted by Crippen LogP contribution is -2.31. The Kier molecular flexibility index (Phi) is 5.44. The molecule has 2 aliphatic rings. The highest BCUT2D eigenvalue weighted by molar-refractivity contribution is 9.10. The lowest BCUT2D eigenvalue weighted by atomic mass is 10.1. The molecule has 0 saturated carbocycles. The van der Waals surface area contributed by atoms with Gasteiger partial charge in [-0.1, -0.05) is 15.9 Å². The maximum absolute atomic E-state index is 13.0. The molecule has 148 valence electrons. The van der Waals surface area contributed by atoms with Crippen LogP contribution in [0.2, 0.25) is 0 Å². The quantitative estimate of drug-likeness (QED) is 0.737. The summed E-state index contributed by atoms with van der Waals surface area (Å²) in [5.74, 6) is -0.160. The highest BCUT2D eigenvalue weighted by atomic mass is 79.9. The lowest BCUT2D eigenvalue weighted by Gasteiger charge is -2.20. The van der Waals surface area contributed by atoms with Crippen molar-refractivity contribution >= 4 is 37.5 Å². The minimum atomic E-state index is -3.63. The van der Waals surface area contributed by atoms with Crippen molar-refractivity contribution < 1.29 is 17.9 Å². The van der Waals surface area contributed by atoms with E-state index >= 15 is 0 Å². The molecule has 0 radical (unpaired) electrons. The molecule has 1 amide bonds. The molecule has 28 heavy (non-hydrogen) atoms. The van der Waals surface area contributed by atoms with E-state index in [4.69, 9.17) is 4.74 Å². The van der Waals surface area contributed by atoms with Crippen LogP contribution in [0.1, 0.15) is 28.8 Å². The molecule has 1 fully saturated rings. The van der Waals surface area contributed by atoms with Gasteiger partial charge in [0, 0.05) is 29.7 Å². The molecule has 2 heterocycles. The van der Waals surface area contributed by atoms with Crippen molar-refractivity contribution in [2.45, 2.75) is 30.3 Å². The second-order valence-corrected chi connectivity index (χ2v) is 9.75. The molecule has 0 aliphatic carbocycles. The standard InChI is InChI=1S/C20H21BrN2O4S/c21-16-4-6-18(7-5-16)28(25,26)23-10-9-14-12-15(3-8-19(14)23)20(24)22-13-17-2-1-11-27-17/h3-8,12,17H,1-2,9-11,13H2,(H,22,24)/t17-/m1/s1. The second-order valence-electron chi connectivity index (χ2n) is 6.97. The summed E-state index contributed by atoms with van der Waals surface area (Å²) in [7, 11) is -3.63. The minimum Gasteiger partial charge on any atom is -0.376 e. The number of sulfonamides is 1. The summed E-state index contributed by atoms with van der Waals surface area (Å²) in [5, 5.41) is 2.90. The summed E-state index contributed by atoms with van der Waals surface area (Å²) in [6, 6.07) is 11.8. The van der Waals surface area contributed by atoms with Crippen LogP contribution >= 0.6 is 15.9 Å². The fourth-order valence-electron chi connectivity index (χ4n) is 3.61. The molecule has 0 bridgehead atoms. The Hall–Kier alpha value is -1.90. The topological polar surface area (TPSA) is 75.7 Å². The van der Waals surface area contributed by atoms with Gasteiger partial charge in [0.05, 0.1) is 16.7 Å². The Balaban J connectivity index is 1.51. The average Bonchev–Trinajstić information content (AvgIpc) is 3.35. The number of hydrogen-bond donors (Lipinski definition) is 1. The van der Waals surface area contributed by atoms with Gasteiger partial charge in [-0.25, -0.2) is 8.42 Å². The molecule has 1 atom stereocenters. The Bertz CT molecular complexity index is 986. The number of fused-ring (bicyclic) bond motifs is 1. The zero-order valence-electron chi connectivity index (χ0n) is 15.2. The third kappa shape index (κ3) is 3.81. The molecule has 1 N–H and O–H groups in total. The number of rotatable bonds is 5. The Morgan fingerprint density at radius 1 is 1.21 bits per heavy atom. The smallest absolute Gasteiger partial charge is 0.264 e. The van der Waals surface area contributed by atoms with Crippen LogP contribution in [-0.2, 0) is 21.2 Å². The van der Waals surface area contributed by atoms with Gasteiger partial charge in [-0.2, -0.15) is 0 Å². The Morgan fingerprint density at radius 3 is 2.71 bits per heavy atom. The largest absolute Gasteiger partial charge is 0.376 e. The van der Waals surface area contributed by atoms with Crippen LogP contribution in [0.3, 0.4) is 0 Å². The van der Waals surface area contributed by atoms with Crippen LogP contribution in [0, 0.1) is 0 Å². The maximum Gasteiger partial charge on any atom is 0.264 e. The van der Waals surface area contributed by atoms with E-state index in [1.807, 2.05) is 0 Å². The zero-order chi connectivity index (χ0) is 19.7. The summed E-state index contributed by atoms with van der Waals surface area (Å²) in [4.78, 5) is 12.7. The Labute approximate surface area is 173 Å². The highest BCUT2D eigenvalue weighted by Crippen LogP contribution is 2.33. The van der Waals surface area contributed by atoms with Crippen LogP contribution < -0.4 is 9.62 Å². The third-order valence-corrected chi connectivity index (χ3v) is 7.47. The molecule has 0 unspecified atom stereocenters. The molecule has 2 aromatic carbocycles. The number of nitrogens with one attached hydrogen (secondary N) is 1. The van der Waals surface area contributed by atoms with E-state index in [-0.39, 0.29) is 16.9 Å². The van der Waals surface area contributed by atoms with Gasteiger partial charge in [-0.3, -0.25) is 9.10 Å². The van der Waals surface area contributed by atoms with Crippen LogP contribution in [-0.4, -0.2) is 40.1 Å². The number of halogens is 1. The first-order chi connectivity index (χ1) is 13.4. The van der Waals surface area contributed by atoms with Crippen molar-refractivity contribution in [1.82, 2.24) is 5.32 Å². The minimum absolute atomic E-state index is 0.0879. The van der Waals surface area contributed by atoms with Gasteiger partial charge < -0.3 is 10.1 Å². The molecular weight excluding hydrogens is 444 g/mol. The van der Waals surface area contributed by atoms with Gasteiger partial charge >= 0.3 is 0 Å². The number of amides is 1. The lowest BCUT2D eigenvalue weighted by molar-refractivity contribution is 0.0857. The van der Waals surface area contributed by atoms with E-state index in [1.54, 1.807) is 42.5 Å². The number of nitrogens with zero attached hydrogens (tertiary/aromatic N) is 1. The van der Waals surface area contributed by atoms with E-state index < -0.39 is 10.0 Å². The number of carbonyl (C=O) groups excluding carboxylic acids is 1. The van der Waals surface area contributed by atoms with Crippen LogP contribution in [0.15, 0.2) is 51.8 Å². The summed E-state index contributed by atoms with van der Waals surface area (Å²) in [6.45, 7) is 1.62. The molecule has 0 aromatic heterocycles. The first kappa shape index (κ1) is 19.4. The van der Waals surface area contributed by atoms with Crippen LogP contribution in [0.5, 0.6) is 0 Å². The van der Waals surface area contributed by atoms with Crippen molar-refractivity contribution in [2.24, 2.45) is 0 Å². The summed E-state index contributed by atoms with van der Waals surface area (Å²) in [6.07, 6.45) is 2.66. The molecule has 2 aromatic rings. The second kappa shape index (κ2) is 7.85. The summed E-state index contributed by atoms with van der Waals surface area (Å²) in [5.41, 5.74) is 2.05. The number of anilines is 1. The highest BCUT2D eigenvalue weighted by Gasteiger charge is 2.31. The predicted octanol–water partition coefficient (Wildman–Crippen LogP) is 3.11. The molecule has 4 rings (SSSR count). The molecule has 6 nitrogen and oxygen atoms in total. The van der Waals surface area contributed by atoms with E-state index in [9.17, 15) is 13.2 Å². The van der Waals surface area contributed by atoms with E-state index in [0.29, 0.717) is 30.8 Å². The fourth-order valence-corrected chi connectivity index (χ4v) is 5.38. The molecular formula is C20H21BrN2O4S. The van der Waals surface area contributed by atoms with Crippen LogP contribution in [0.4, 0.5) is 5.69 Å². The molecule has 1 saturated heterocycles. The zero-order valence-corrected chi connectivity index (χ0v) is 17.6. The van der Waals surface area contributed by atoms with Gasteiger partial charge in [-0.15, -0.1) is 0 Å². The van der Waals surface area contributed by atoms with Gasteiger partial charge in [0.2, 0.25) is 0 Å². The SMILES string of the molecule is O=C(NC[C@H]1CCCO1)c1ccc2c(c1)CCN2S(=O)(=O)c1ccc(Br)cc1.